The van der Waals surface area contributed by atoms with Crippen LogP contribution in [0.15, 0.2) is 18.2 Å². The summed E-state index contributed by atoms with van der Waals surface area (Å²) in [6, 6.07) is 6.80. The van der Waals surface area contributed by atoms with Crippen LogP contribution in [0.3, 0.4) is 0 Å². The molecular formula is C14H22ClNO. The summed E-state index contributed by atoms with van der Waals surface area (Å²) >= 11 is 5.87. The Balaban J connectivity index is 3.03. The molecule has 0 saturated heterocycles. The van der Waals surface area contributed by atoms with Crippen LogP contribution in [-0.2, 0) is 6.42 Å². The van der Waals surface area contributed by atoms with Gasteiger partial charge in [-0.3, -0.25) is 0 Å². The Morgan fingerprint density at radius 1 is 1.35 bits per heavy atom. The Morgan fingerprint density at radius 3 is 2.53 bits per heavy atom. The minimum atomic E-state index is 0.378. The summed E-state index contributed by atoms with van der Waals surface area (Å²) in [5.74, 6) is 1.65. The fourth-order valence-electron chi connectivity index (χ4n) is 2.11. The molecule has 17 heavy (non-hydrogen) atoms. The van der Waals surface area contributed by atoms with E-state index in [2.05, 4.69) is 44.1 Å². The molecule has 0 aliphatic heterocycles. The van der Waals surface area contributed by atoms with Crippen LogP contribution >= 0.6 is 11.6 Å². The van der Waals surface area contributed by atoms with E-state index >= 15 is 0 Å². The first kappa shape index (κ1) is 14.3. The van der Waals surface area contributed by atoms with Gasteiger partial charge >= 0.3 is 0 Å². The second-order valence-electron chi connectivity index (χ2n) is 4.38. The highest BCUT2D eigenvalue weighted by Gasteiger charge is 2.14. The summed E-state index contributed by atoms with van der Waals surface area (Å²) in [4.78, 5) is 2.21. The van der Waals surface area contributed by atoms with Gasteiger partial charge in [-0.1, -0.05) is 19.1 Å². The van der Waals surface area contributed by atoms with Crippen LogP contribution in [0.4, 0.5) is 0 Å². The Labute approximate surface area is 110 Å². The molecule has 0 spiro atoms. The van der Waals surface area contributed by atoms with Crippen molar-refractivity contribution in [2.45, 2.75) is 25.8 Å². The van der Waals surface area contributed by atoms with Crippen molar-refractivity contribution in [2.75, 3.05) is 27.1 Å². The summed E-state index contributed by atoms with van der Waals surface area (Å²) < 4.78 is 5.35. The lowest BCUT2D eigenvalue weighted by Crippen LogP contribution is -2.20. The summed E-state index contributed by atoms with van der Waals surface area (Å²) in [6.45, 7) is 2.15. The van der Waals surface area contributed by atoms with Crippen LogP contribution in [0.5, 0.6) is 5.75 Å². The highest BCUT2D eigenvalue weighted by molar-refractivity contribution is 6.17. The highest BCUT2D eigenvalue weighted by atomic mass is 35.5. The Bertz CT molecular complexity index is 352. The number of methoxy groups -OCH3 is 1. The average molecular weight is 256 g/mol. The minimum absolute atomic E-state index is 0.378. The molecule has 0 aromatic heterocycles. The molecule has 0 radical (unpaired) electrons. The molecule has 96 valence electrons. The molecule has 0 amide bonds. The lowest BCUT2D eigenvalue weighted by atomic mass is 9.99. The first-order valence-corrected chi connectivity index (χ1v) is 6.56. The summed E-state index contributed by atoms with van der Waals surface area (Å²) in [5.41, 5.74) is 2.57. The average Bonchev–Trinajstić information content (AvgIpc) is 2.34. The van der Waals surface area contributed by atoms with E-state index in [0.29, 0.717) is 11.9 Å². The molecule has 2 nitrogen and oxygen atoms in total. The maximum Gasteiger partial charge on any atom is 0.122 e. The Hall–Kier alpha value is -0.730. The summed E-state index contributed by atoms with van der Waals surface area (Å²) in [7, 11) is 5.90. The third-order valence-electron chi connectivity index (χ3n) is 3.08. The van der Waals surface area contributed by atoms with Crippen LogP contribution in [0.2, 0.25) is 0 Å². The van der Waals surface area contributed by atoms with E-state index in [1.54, 1.807) is 7.11 Å². The first-order chi connectivity index (χ1) is 8.13. The van der Waals surface area contributed by atoms with Crippen molar-refractivity contribution in [3.05, 3.63) is 29.3 Å². The monoisotopic (exact) mass is 255 g/mol. The number of hydrogen-bond donors (Lipinski definition) is 0. The normalized spacial score (nSPS) is 12.8. The second-order valence-corrected chi connectivity index (χ2v) is 4.76. The molecule has 0 aliphatic carbocycles. The topological polar surface area (TPSA) is 12.5 Å². The number of nitrogens with zero attached hydrogens (tertiary/aromatic N) is 1. The van der Waals surface area contributed by atoms with E-state index in [4.69, 9.17) is 16.3 Å². The van der Waals surface area contributed by atoms with E-state index < -0.39 is 0 Å². The molecule has 0 N–H and O–H groups in total. The maximum absolute atomic E-state index is 5.87. The van der Waals surface area contributed by atoms with Crippen molar-refractivity contribution in [1.29, 1.82) is 0 Å². The molecule has 1 aromatic carbocycles. The zero-order chi connectivity index (χ0) is 12.8. The summed E-state index contributed by atoms with van der Waals surface area (Å²) in [6.07, 6.45) is 1.95. The highest BCUT2D eigenvalue weighted by Crippen LogP contribution is 2.28. The van der Waals surface area contributed by atoms with Gasteiger partial charge < -0.3 is 9.64 Å². The van der Waals surface area contributed by atoms with Crippen LogP contribution in [0, 0.1) is 0 Å². The molecule has 3 heteroatoms. The minimum Gasteiger partial charge on any atom is -0.496 e. The molecule has 1 atom stereocenters. The number of alkyl halides is 1. The van der Waals surface area contributed by atoms with Gasteiger partial charge in [0.05, 0.1) is 7.11 Å². The zero-order valence-electron chi connectivity index (χ0n) is 11.2. The standard InChI is InChI=1S/C14H22ClNO/c1-5-11-10-12(6-7-14(11)17-4)13(8-9-15)16(2)3/h6-7,10,13H,5,8-9H2,1-4H3. The molecule has 1 rings (SSSR count). The Morgan fingerprint density at radius 2 is 2.06 bits per heavy atom. The molecule has 0 heterocycles. The third-order valence-corrected chi connectivity index (χ3v) is 3.29. The van der Waals surface area contributed by atoms with E-state index in [-0.39, 0.29) is 0 Å². The van der Waals surface area contributed by atoms with Gasteiger partial charge in [0.1, 0.15) is 5.75 Å². The van der Waals surface area contributed by atoms with E-state index in [0.717, 1.165) is 18.6 Å². The van der Waals surface area contributed by atoms with Crippen molar-refractivity contribution in [1.82, 2.24) is 4.90 Å². The predicted octanol–water partition coefficient (Wildman–Crippen LogP) is 3.49. The Kier molecular flexibility index (Phi) is 5.79. The van der Waals surface area contributed by atoms with E-state index in [1.165, 1.54) is 11.1 Å². The number of rotatable bonds is 6. The van der Waals surface area contributed by atoms with Crippen LogP contribution < -0.4 is 4.74 Å². The van der Waals surface area contributed by atoms with Gasteiger partial charge in [0, 0.05) is 11.9 Å². The number of hydrogen-bond acceptors (Lipinski definition) is 2. The van der Waals surface area contributed by atoms with Crippen molar-refractivity contribution >= 4 is 11.6 Å². The van der Waals surface area contributed by atoms with Crippen LogP contribution in [0.25, 0.3) is 0 Å². The summed E-state index contributed by atoms with van der Waals surface area (Å²) in [5, 5.41) is 0. The largest absolute Gasteiger partial charge is 0.496 e. The maximum atomic E-state index is 5.87. The molecule has 0 fully saturated rings. The quantitative estimate of drug-likeness (QED) is 0.722. The first-order valence-electron chi connectivity index (χ1n) is 6.03. The molecular weight excluding hydrogens is 234 g/mol. The predicted molar refractivity (Wildman–Crippen MR) is 74.1 cm³/mol. The van der Waals surface area contributed by atoms with Gasteiger partial charge in [-0.2, -0.15) is 0 Å². The fraction of sp³-hybridized carbons (Fsp3) is 0.571. The molecule has 1 aromatic rings. The second kappa shape index (κ2) is 6.87. The molecule has 0 bridgehead atoms. The van der Waals surface area contributed by atoms with Gasteiger partial charge in [0.25, 0.3) is 0 Å². The number of ether oxygens (including phenoxy) is 1. The smallest absolute Gasteiger partial charge is 0.122 e. The zero-order valence-corrected chi connectivity index (χ0v) is 11.9. The molecule has 0 saturated carbocycles. The van der Waals surface area contributed by atoms with E-state index in [9.17, 15) is 0 Å². The fourth-order valence-corrected chi connectivity index (χ4v) is 2.32. The van der Waals surface area contributed by atoms with Crippen molar-refractivity contribution in [3.63, 3.8) is 0 Å². The van der Waals surface area contributed by atoms with Crippen LogP contribution in [-0.4, -0.2) is 32.0 Å². The lowest BCUT2D eigenvalue weighted by molar-refractivity contribution is 0.292. The SMILES string of the molecule is CCc1cc(C(CCCl)N(C)C)ccc1OC. The van der Waals surface area contributed by atoms with Crippen molar-refractivity contribution < 1.29 is 4.74 Å². The van der Waals surface area contributed by atoms with Gasteiger partial charge in [-0.05, 0) is 44.1 Å². The van der Waals surface area contributed by atoms with Crippen molar-refractivity contribution in [2.24, 2.45) is 0 Å². The van der Waals surface area contributed by atoms with Gasteiger partial charge in [0.15, 0.2) is 0 Å². The molecule has 1 unspecified atom stereocenters. The number of benzene rings is 1. The van der Waals surface area contributed by atoms with Crippen molar-refractivity contribution in [3.8, 4) is 5.75 Å². The lowest BCUT2D eigenvalue weighted by Gasteiger charge is -2.25. The van der Waals surface area contributed by atoms with Gasteiger partial charge in [0.2, 0.25) is 0 Å². The number of halogens is 1. The van der Waals surface area contributed by atoms with Gasteiger partial charge in [-0.15, -0.1) is 11.6 Å². The number of aryl methyl sites for hydroxylation is 1. The third kappa shape index (κ3) is 3.62. The van der Waals surface area contributed by atoms with Crippen LogP contribution in [0.1, 0.15) is 30.5 Å². The van der Waals surface area contributed by atoms with Gasteiger partial charge in [-0.25, -0.2) is 0 Å². The molecule has 0 aliphatic rings. The van der Waals surface area contributed by atoms with E-state index in [1.807, 2.05) is 0 Å².